The molecular weight excluding hydrogens is 240 g/mol. The van der Waals surface area contributed by atoms with Gasteiger partial charge < -0.3 is 10.4 Å². The van der Waals surface area contributed by atoms with E-state index < -0.39 is 23.2 Å². The monoisotopic (exact) mass is 255 g/mol. The molecule has 0 radical (unpaired) electrons. The molecule has 18 heavy (non-hydrogen) atoms. The SMILES string of the molecule is O=C(O)c1cc(CC2CCNCC2)c(F)cc1F. The highest BCUT2D eigenvalue weighted by Gasteiger charge is 2.19. The van der Waals surface area contributed by atoms with E-state index >= 15 is 0 Å². The van der Waals surface area contributed by atoms with Crippen molar-refractivity contribution in [3.8, 4) is 0 Å². The van der Waals surface area contributed by atoms with E-state index in [0.29, 0.717) is 24.0 Å². The molecule has 0 saturated carbocycles. The number of hydrogen-bond donors (Lipinski definition) is 2. The van der Waals surface area contributed by atoms with Crippen molar-refractivity contribution in [3.05, 3.63) is 34.9 Å². The molecule has 1 saturated heterocycles. The van der Waals surface area contributed by atoms with Crippen molar-refractivity contribution in [2.24, 2.45) is 5.92 Å². The van der Waals surface area contributed by atoms with Crippen molar-refractivity contribution in [1.82, 2.24) is 5.32 Å². The molecular formula is C13H15F2NO2. The van der Waals surface area contributed by atoms with E-state index in [9.17, 15) is 13.6 Å². The van der Waals surface area contributed by atoms with Crippen LogP contribution in [0.3, 0.4) is 0 Å². The van der Waals surface area contributed by atoms with Crippen molar-refractivity contribution in [2.45, 2.75) is 19.3 Å². The van der Waals surface area contributed by atoms with Crippen LogP contribution in [-0.2, 0) is 6.42 Å². The maximum Gasteiger partial charge on any atom is 0.338 e. The van der Waals surface area contributed by atoms with Crippen LogP contribution in [0.5, 0.6) is 0 Å². The molecule has 0 aromatic heterocycles. The zero-order valence-corrected chi connectivity index (χ0v) is 9.88. The Morgan fingerprint density at radius 1 is 1.28 bits per heavy atom. The van der Waals surface area contributed by atoms with Gasteiger partial charge >= 0.3 is 5.97 Å². The average molecular weight is 255 g/mol. The van der Waals surface area contributed by atoms with Crippen molar-refractivity contribution >= 4 is 5.97 Å². The standard InChI is InChI=1S/C13H15F2NO2/c14-11-7-12(15)10(13(17)18)6-9(11)5-8-1-3-16-4-2-8/h6-8,16H,1-5H2,(H,17,18). The van der Waals surface area contributed by atoms with Crippen LogP contribution in [0.1, 0.15) is 28.8 Å². The second-order valence-electron chi connectivity index (χ2n) is 4.63. The van der Waals surface area contributed by atoms with Gasteiger partial charge in [0.25, 0.3) is 0 Å². The van der Waals surface area contributed by atoms with Gasteiger partial charge in [0.1, 0.15) is 11.6 Å². The lowest BCUT2D eigenvalue weighted by Crippen LogP contribution is -2.28. The van der Waals surface area contributed by atoms with E-state index in [0.717, 1.165) is 32.0 Å². The van der Waals surface area contributed by atoms with Crippen LogP contribution in [0.25, 0.3) is 0 Å². The highest BCUT2D eigenvalue weighted by atomic mass is 19.1. The van der Waals surface area contributed by atoms with Gasteiger partial charge in [-0.3, -0.25) is 0 Å². The molecule has 5 heteroatoms. The summed E-state index contributed by atoms with van der Waals surface area (Å²) in [6.45, 7) is 1.78. The zero-order valence-electron chi connectivity index (χ0n) is 9.88. The highest BCUT2D eigenvalue weighted by molar-refractivity contribution is 5.88. The number of piperidine rings is 1. The molecule has 0 spiro atoms. The first-order chi connectivity index (χ1) is 8.58. The van der Waals surface area contributed by atoms with Gasteiger partial charge in [-0.1, -0.05) is 0 Å². The third kappa shape index (κ3) is 2.85. The minimum absolute atomic E-state index is 0.292. The summed E-state index contributed by atoms with van der Waals surface area (Å²) in [5.41, 5.74) is -0.166. The first-order valence-corrected chi connectivity index (χ1v) is 6.00. The fraction of sp³-hybridized carbons (Fsp3) is 0.462. The van der Waals surface area contributed by atoms with Gasteiger partial charge in [0, 0.05) is 6.07 Å². The third-order valence-corrected chi connectivity index (χ3v) is 3.33. The number of nitrogens with one attached hydrogen (secondary N) is 1. The number of halogens is 2. The summed E-state index contributed by atoms with van der Waals surface area (Å²) < 4.78 is 26.8. The van der Waals surface area contributed by atoms with Crippen LogP contribution in [0.15, 0.2) is 12.1 Å². The first kappa shape index (κ1) is 13.0. The van der Waals surface area contributed by atoms with Crippen LogP contribution in [0, 0.1) is 17.6 Å². The topological polar surface area (TPSA) is 49.3 Å². The number of carbonyl (C=O) groups is 1. The lowest BCUT2D eigenvalue weighted by molar-refractivity contribution is 0.0691. The molecule has 0 amide bonds. The molecule has 0 unspecified atom stereocenters. The number of rotatable bonds is 3. The highest BCUT2D eigenvalue weighted by Crippen LogP contribution is 2.22. The molecule has 98 valence electrons. The number of carboxylic acids is 1. The Hall–Kier alpha value is -1.49. The molecule has 1 aliphatic heterocycles. The molecule has 0 aliphatic carbocycles. The van der Waals surface area contributed by atoms with Gasteiger partial charge in [0.05, 0.1) is 5.56 Å². The van der Waals surface area contributed by atoms with Crippen LogP contribution >= 0.6 is 0 Å². The predicted molar refractivity (Wildman–Crippen MR) is 62.6 cm³/mol. The summed E-state index contributed by atoms with van der Waals surface area (Å²) in [5, 5.41) is 12.0. The van der Waals surface area contributed by atoms with Gasteiger partial charge in [0.15, 0.2) is 0 Å². The Morgan fingerprint density at radius 3 is 2.56 bits per heavy atom. The Morgan fingerprint density at radius 2 is 1.94 bits per heavy atom. The average Bonchev–Trinajstić information content (AvgIpc) is 2.33. The fourth-order valence-corrected chi connectivity index (χ4v) is 2.31. The molecule has 0 bridgehead atoms. The zero-order chi connectivity index (χ0) is 13.1. The molecule has 2 rings (SSSR count). The van der Waals surface area contributed by atoms with Crippen LogP contribution in [0.4, 0.5) is 8.78 Å². The first-order valence-electron chi connectivity index (χ1n) is 6.00. The van der Waals surface area contributed by atoms with Gasteiger partial charge in [-0.2, -0.15) is 0 Å². The summed E-state index contributed by atoms with van der Waals surface area (Å²) in [5.74, 6) is -2.71. The van der Waals surface area contributed by atoms with E-state index in [4.69, 9.17) is 5.11 Å². The van der Waals surface area contributed by atoms with Crippen LogP contribution in [0.2, 0.25) is 0 Å². The van der Waals surface area contributed by atoms with E-state index in [1.807, 2.05) is 0 Å². The normalized spacial score (nSPS) is 16.8. The summed E-state index contributed by atoms with van der Waals surface area (Å²) in [6.07, 6.45) is 2.33. The van der Waals surface area contributed by atoms with Crippen molar-refractivity contribution < 1.29 is 18.7 Å². The van der Waals surface area contributed by atoms with Crippen LogP contribution < -0.4 is 5.32 Å². The number of hydrogen-bond acceptors (Lipinski definition) is 2. The second kappa shape index (κ2) is 5.44. The summed E-state index contributed by atoms with van der Waals surface area (Å²) >= 11 is 0. The molecule has 3 nitrogen and oxygen atoms in total. The number of carboxylic acid groups (broad SMARTS) is 1. The van der Waals surface area contributed by atoms with Crippen LogP contribution in [-0.4, -0.2) is 24.2 Å². The summed E-state index contributed by atoms with van der Waals surface area (Å²) in [7, 11) is 0. The van der Waals surface area contributed by atoms with E-state index in [1.54, 1.807) is 0 Å². The van der Waals surface area contributed by atoms with E-state index in [2.05, 4.69) is 5.32 Å². The minimum Gasteiger partial charge on any atom is -0.478 e. The Kier molecular flexibility index (Phi) is 3.91. The quantitative estimate of drug-likeness (QED) is 0.870. The van der Waals surface area contributed by atoms with Crippen molar-refractivity contribution in [3.63, 3.8) is 0 Å². The smallest absolute Gasteiger partial charge is 0.338 e. The lowest BCUT2D eigenvalue weighted by atomic mass is 9.90. The molecule has 1 aromatic rings. The van der Waals surface area contributed by atoms with Gasteiger partial charge in [-0.05, 0) is 49.9 Å². The molecule has 0 atom stereocenters. The van der Waals surface area contributed by atoms with Crippen molar-refractivity contribution in [1.29, 1.82) is 0 Å². The van der Waals surface area contributed by atoms with Gasteiger partial charge in [-0.25, -0.2) is 13.6 Å². The number of aromatic carboxylic acids is 1. The second-order valence-corrected chi connectivity index (χ2v) is 4.63. The Labute approximate surface area is 104 Å². The largest absolute Gasteiger partial charge is 0.478 e. The minimum atomic E-state index is -1.36. The predicted octanol–water partition coefficient (Wildman–Crippen LogP) is 2.21. The molecule has 1 heterocycles. The number of benzene rings is 1. The van der Waals surface area contributed by atoms with Crippen molar-refractivity contribution in [2.75, 3.05) is 13.1 Å². The molecule has 1 aliphatic rings. The lowest BCUT2D eigenvalue weighted by Gasteiger charge is -2.22. The Bertz CT molecular complexity index is 457. The maximum absolute atomic E-state index is 13.6. The maximum atomic E-state index is 13.6. The summed E-state index contributed by atoms with van der Waals surface area (Å²) in [4.78, 5) is 10.8. The Balaban J connectivity index is 2.21. The molecule has 1 aromatic carbocycles. The summed E-state index contributed by atoms with van der Waals surface area (Å²) in [6, 6.07) is 1.79. The molecule has 1 fully saturated rings. The third-order valence-electron chi connectivity index (χ3n) is 3.33. The van der Waals surface area contributed by atoms with Gasteiger partial charge in [0.2, 0.25) is 0 Å². The van der Waals surface area contributed by atoms with E-state index in [1.165, 1.54) is 0 Å². The molecule has 2 N–H and O–H groups in total. The van der Waals surface area contributed by atoms with Gasteiger partial charge in [-0.15, -0.1) is 0 Å². The van der Waals surface area contributed by atoms with E-state index in [-0.39, 0.29) is 0 Å². The fourth-order valence-electron chi connectivity index (χ4n) is 2.31.